The molecule has 2 fully saturated rings. The van der Waals surface area contributed by atoms with Gasteiger partial charge < -0.3 is 21.8 Å². The fraction of sp³-hybridized carbons (Fsp3) is 0.667. The average molecular weight is 403 g/mol. The average Bonchev–Trinajstić information content (AvgIpc) is 3.07. The molecule has 0 amide bonds. The maximum Gasteiger partial charge on any atom is 0.268 e. The zero-order valence-corrected chi connectivity index (χ0v) is 16.5. The first-order chi connectivity index (χ1) is 11.7. The van der Waals surface area contributed by atoms with Crippen LogP contribution in [0.1, 0.15) is 39.5 Å². The van der Waals surface area contributed by atoms with Crippen LogP contribution < -0.4 is 21.1 Å². The quantitative estimate of drug-likeness (QED) is 0.516. The van der Waals surface area contributed by atoms with Crippen molar-refractivity contribution < 1.29 is 13.9 Å². The highest BCUT2D eigenvalue weighted by Gasteiger charge is 2.40. The lowest BCUT2D eigenvalue weighted by Crippen LogP contribution is -2.42. The van der Waals surface area contributed by atoms with Gasteiger partial charge in [-0.15, -0.1) is 0 Å². The molecular weight excluding hydrogens is 376 g/mol. The minimum absolute atomic E-state index is 0. The van der Waals surface area contributed by atoms with Gasteiger partial charge in [0.05, 0.1) is 6.20 Å². The van der Waals surface area contributed by atoms with Gasteiger partial charge >= 0.3 is 0 Å². The number of hydrogen-bond donors (Lipinski definition) is 4. The van der Waals surface area contributed by atoms with Gasteiger partial charge in [-0.05, 0) is 57.2 Å². The highest BCUT2D eigenvalue weighted by molar-refractivity contribution is 7.92. The smallest absolute Gasteiger partial charge is 0.268 e. The molecule has 0 radical (unpaired) electrons. The van der Waals surface area contributed by atoms with Crippen LogP contribution in [0.5, 0.6) is 0 Å². The van der Waals surface area contributed by atoms with Crippen LogP contribution >= 0.6 is 12.2 Å². The van der Waals surface area contributed by atoms with Gasteiger partial charge in [0.15, 0.2) is 10.9 Å². The summed E-state index contributed by atoms with van der Waals surface area (Å²) < 4.78 is 27.7. The van der Waals surface area contributed by atoms with Gasteiger partial charge in [-0.1, -0.05) is 6.42 Å². The van der Waals surface area contributed by atoms with Gasteiger partial charge in [0, 0.05) is 12.1 Å². The third-order valence-electron chi connectivity index (χ3n) is 4.77. The second-order valence-corrected chi connectivity index (χ2v) is 9.16. The van der Waals surface area contributed by atoms with E-state index < -0.39 is 10.0 Å². The summed E-state index contributed by atoms with van der Waals surface area (Å²) in [7, 11) is -3.90. The molecule has 1 aromatic heterocycles. The molecule has 26 heavy (non-hydrogen) atoms. The molecule has 3 rings (SSSR count). The molecule has 0 spiro atoms. The Morgan fingerprint density at radius 3 is 2.65 bits per heavy atom. The van der Waals surface area contributed by atoms with E-state index in [0.29, 0.717) is 5.92 Å². The van der Waals surface area contributed by atoms with Crippen molar-refractivity contribution in [2.75, 3.05) is 11.1 Å². The molecule has 2 aliphatic rings. The van der Waals surface area contributed by atoms with Gasteiger partial charge in [0.2, 0.25) is 5.95 Å². The summed E-state index contributed by atoms with van der Waals surface area (Å²) in [6.07, 6.45) is 5.89. The van der Waals surface area contributed by atoms with E-state index in [9.17, 15) is 8.42 Å². The number of thiocarbonyl (C=S) groups is 1. The minimum Gasteiger partial charge on any atom is -0.412 e. The Morgan fingerprint density at radius 2 is 2.08 bits per heavy atom. The van der Waals surface area contributed by atoms with Crippen LogP contribution in [0, 0.1) is 11.8 Å². The molecule has 0 saturated heterocycles. The van der Waals surface area contributed by atoms with E-state index in [4.69, 9.17) is 18.0 Å². The summed E-state index contributed by atoms with van der Waals surface area (Å²) in [5, 5.41) is 6.18. The molecule has 1 heterocycles. The number of nitrogens with two attached hydrogens (primary N) is 1. The molecular formula is C15H26N6O3S2. The van der Waals surface area contributed by atoms with Crippen molar-refractivity contribution in [2.45, 2.75) is 56.5 Å². The zero-order chi connectivity index (χ0) is 18.2. The highest BCUT2D eigenvalue weighted by Crippen LogP contribution is 2.45. The van der Waals surface area contributed by atoms with E-state index in [1.54, 1.807) is 0 Å². The number of nitrogen functional groups attached to an aromatic ring is 1. The first-order valence-electron chi connectivity index (χ1n) is 8.47. The Hall–Kier alpha value is -1.72. The van der Waals surface area contributed by atoms with E-state index in [2.05, 4.69) is 25.3 Å². The Balaban J connectivity index is 0.00000243. The molecule has 0 aliphatic heterocycles. The normalized spacial score (nSPS) is 24.2. The first-order valence-corrected chi connectivity index (χ1v) is 10.4. The fourth-order valence-corrected chi connectivity index (χ4v) is 5.28. The van der Waals surface area contributed by atoms with Gasteiger partial charge in [0.25, 0.3) is 10.0 Å². The van der Waals surface area contributed by atoms with Crippen LogP contribution in [0.2, 0.25) is 0 Å². The fourth-order valence-electron chi connectivity index (χ4n) is 3.75. The maximum atomic E-state index is 12.7. The molecule has 146 valence electrons. The van der Waals surface area contributed by atoms with Gasteiger partial charge in [-0.2, -0.15) is 4.98 Å². The maximum absolute atomic E-state index is 12.7. The van der Waals surface area contributed by atoms with Crippen molar-refractivity contribution in [1.29, 1.82) is 0 Å². The topological polar surface area (TPSA) is 154 Å². The SMILES string of the molecule is CC(C)NC(=S)NS(=O)(=O)c1cnc(N)nc1NC1CC2CCC1C2.O. The second kappa shape index (κ2) is 7.89. The summed E-state index contributed by atoms with van der Waals surface area (Å²) in [6.45, 7) is 3.74. The van der Waals surface area contributed by atoms with E-state index in [0.717, 1.165) is 12.3 Å². The standard InChI is InChI=1S/C15H24N6O2S2.H2O/c1-8(2)18-15(24)21-25(22,23)12-7-17-14(16)20-13(12)19-11-6-9-3-4-10(11)5-9;/h7-11H,3-6H2,1-2H3,(H2,18,21,24)(H3,16,17,19,20);1H2. The molecule has 9 nitrogen and oxygen atoms in total. The van der Waals surface area contributed by atoms with E-state index in [1.165, 1.54) is 25.5 Å². The van der Waals surface area contributed by atoms with Crippen molar-refractivity contribution >= 4 is 39.1 Å². The predicted octanol–water partition coefficient (Wildman–Crippen LogP) is 0.396. The van der Waals surface area contributed by atoms with Crippen LogP contribution in [0.15, 0.2) is 11.1 Å². The molecule has 1 aromatic rings. The summed E-state index contributed by atoms with van der Waals surface area (Å²) >= 11 is 5.05. The van der Waals surface area contributed by atoms with Crippen molar-refractivity contribution in [1.82, 2.24) is 20.0 Å². The van der Waals surface area contributed by atoms with E-state index in [1.807, 2.05) is 13.8 Å². The Labute approximate surface area is 158 Å². The molecule has 2 bridgehead atoms. The summed E-state index contributed by atoms with van der Waals surface area (Å²) in [5.74, 6) is 1.56. The highest BCUT2D eigenvalue weighted by atomic mass is 32.2. The predicted molar refractivity (Wildman–Crippen MR) is 104 cm³/mol. The zero-order valence-electron chi connectivity index (χ0n) is 14.8. The van der Waals surface area contributed by atoms with Crippen molar-refractivity contribution in [3.05, 3.63) is 6.20 Å². The number of hydrogen-bond acceptors (Lipinski definition) is 7. The number of fused-ring (bicyclic) bond motifs is 2. The van der Waals surface area contributed by atoms with Crippen LogP contribution in [0.25, 0.3) is 0 Å². The molecule has 3 atom stereocenters. The molecule has 3 unspecified atom stereocenters. The molecule has 7 N–H and O–H groups in total. The minimum atomic E-state index is -3.90. The first kappa shape index (κ1) is 20.6. The molecule has 0 aromatic carbocycles. The summed E-state index contributed by atoms with van der Waals surface area (Å²) in [5.41, 5.74) is 5.67. The lowest BCUT2D eigenvalue weighted by molar-refractivity contribution is 0.438. The Kier molecular flexibility index (Phi) is 6.25. The summed E-state index contributed by atoms with van der Waals surface area (Å²) in [4.78, 5) is 7.92. The van der Waals surface area contributed by atoms with Gasteiger partial charge in [0.1, 0.15) is 4.90 Å². The number of aromatic nitrogens is 2. The Bertz CT molecular complexity index is 771. The molecule has 11 heteroatoms. The third-order valence-corrected chi connectivity index (χ3v) is 6.47. The van der Waals surface area contributed by atoms with Crippen molar-refractivity contribution in [3.8, 4) is 0 Å². The Morgan fingerprint density at radius 1 is 1.35 bits per heavy atom. The summed E-state index contributed by atoms with van der Waals surface area (Å²) in [6, 6.07) is 0.243. The van der Waals surface area contributed by atoms with Gasteiger partial charge in [-0.3, -0.25) is 4.72 Å². The lowest BCUT2D eigenvalue weighted by atomic mass is 9.95. The van der Waals surface area contributed by atoms with Gasteiger partial charge in [-0.25, -0.2) is 13.4 Å². The lowest BCUT2D eigenvalue weighted by Gasteiger charge is -2.24. The van der Waals surface area contributed by atoms with E-state index >= 15 is 0 Å². The second-order valence-electron chi connectivity index (χ2n) is 7.10. The van der Waals surface area contributed by atoms with E-state index in [-0.39, 0.29) is 39.3 Å². The number of rotatable bonds is 5. The number of anilines is 2. The largest absolute Gasteiger partial charge is 0.412 e. The number of nitrogens with one attached hydrogen (secondary N) is 3. The van der Waals surface area contributed by atoms with Crippen LogP contribution in [-0.2, 0) is 10.0 Å². The van der Waals surface area contributed by atoms with Crippen LogP contribution in [0.4, 0.5) is 11.8 Å². The number of nitrogens with zero attached hydrogens (tertiary/aromatic N) is 2. The van der Waals surface area contributed by atoms with Crippen molar-refractivity contribution in [2.24, 2.45) is 11.8 Å². The van der Waals surface area contributed by atoms with Crippen LogP contribution in [0.3, 0.4) is 0 Å². The third kappa shape index (κ3) is 4.51. The molecule has 2 aliphatic carbocycles. The van der Waals surface area contributed by atoms with Crippen molar-refractivity contribution in [3.63, 3.8) is 0 Å². The monoisotopic (exact) mass is 402 g/mol. The van der Waals surface area contributed by atoms with Crippen LogP contribution in [-0.4, -0.2) is 41.1 Å². The molecule has 2 saturated carbocycles. The number of sulfonamides is 1.